The summed E-state index contributed by atoms with van der Waals surface area (Å²) in [6, 6.07) is 0. The number of rotatable bonds is 3. The molecule has 0 saturated heterocycles. The predicted molar refractivity (Wildman–Crippen MR) is 44.4 cm³/mol. The minimum absolute atomic E-state index is 0.00550. The summed E-state index contributed by atoms with van der Waals surface area (Å²) in [7, 11) is 0. The standard InChI is InChI=1S/C9H12O3/c1-4-5-11-9-6(2)8(10)7(3)12-9/h4,7H,1,5H2,2-3H3. The van der Waals surface area contributed by atoms with E-state index in [9.17, 15) is 4.79 Å². The molecule has 1 rings (SSSR count). The molecule has 0 aromatic rings. The van der Waals surface area contributed by atoms with Gasteiger partial charge in [-0.15, -0.1) is 0 Å². The number of ketones is 1. The van der Waals surface area contributed by atoms with Crippen molar-refractivity contribution in [2.75, 3.05) is 6.61 Å². The van der Waals surface area contributed by atoms with Gasteiger partial charge in [-0.3, -0.25) is 4.79 Å². The number of hydrogen-bond donors (Lipinski definition) is 0. The summed E-state index contributed by atoms with van der Waals surface area (Å²) in [5, 5.41) is 0. The lowest BCUT2D eigenvalue weighted by atomic mass is 10.2. The van der Waals surface area contributed by atoms with Crippen molar-refractivity contribution in [3.63, 3.8) is 0 Å². The molecule has 0 aromatic carbocycles. The minimum atomic E-state index is -0.398. The number of Topliss-reactive ketones (excluding diaryl/α,β-unsaturated/α-hetero) is 1. The fraction of sp³-hybridized carbons (Fsp3) is 0.444. The van der Waals surface area contributed by atoms with Crippen LogP contribution < -0.4 is 0 Å². The molecule has 3 nitrogen and oxygen atoms in total. The van der Waals surface area contributed by atoms with Crippen LogP contribution in [0.3, 0.4) is 0 Å². The molecule has 1 aliphatic heterocycles. The maximum absolute atomic E-state index is 11.2. The maximum Gasteiger partial charge on any atom is 0.287 e. The predicted octanol–water partition coefficient (Wildman–Crippen LogP) is 1.41. The fourth-order valence-corrected chi connectivity index (χ4v) is 0.985. The largest absolute Gasteiger partial charge is 0.461 e. The van der Waals surface area contributed by atoms with E-state index in [0.29, 0.717) is 18.1 Å². The third kappa shape index (κ3) is 1.49. The van der Waals surface area contributed by atoms with Gasteiger partial charge in [-0.1, -0.05) is 12.7 Å². The molecule has 0 saturated carbocycles. The number of hydrogen-bond acceptors (Lipinski definition) is 3. The van der Waals surface area contributed by atoms with Crippen molar-refractivity contribution in [2.24, 2.45) is 0 Å². The number of carbonyl (C=O) groups excluding carboxylic acids is 1. The summed E-state index contributed by atoms with van der Waals surface area (Å²) in [5.74, 6) is 0.335. The molecular formula is C9H12O3. The van der Waals surface area contributed by atoms with Gasteiger partial charge >= 0.3 is 0 Å². The smallest absolute Gasteiger partial charge is 0.287 e. The van der Waals surface area contributed by atoms with Crippen LogP contribution in [0.5, 0.6) is 0 Å². The Labute approximate surface area is 71.7 Å². The molecule has 0 bridgehead atoms. The van der Waals surface area contributed by atoms with Gasteiger partial charge in [0.25, 0.3) is 5.95 Å². The van der Waals surface area contributed by atoms with Crippen LogP contribution in [0.25, 0.3) is 0 Å². The van der Waals surface area contributed by atoms with E-state index in [2.05, 4.69) is 6.58 Å². The molecule has 0 radical (unpaired) electrons. The molecule has 3 heteroatoms. The maximum atomic E-state index is 11.2. The first-order valence-corrected chi connectivity index (χ1v) is 3.82. The SMILES string of the molecule is C=CCOC1=C(C)C(=O)C(C)O1. The highest BCUT2D eigenvalue weighted by atomic mass is 16.7. The summed E-state index contributed by atoms with van der Waals surface area (Å²) >= 11 is 0. The van der Waals surface area contributed by atoms with Gasteiger partial charge in [0.15, 0.2) is 6.10 Å². The van der Waals surface area contributed by atoms with Crippen LogP contribution in [0.1, 0.15) is 13.8 Å². The fourth-order valence-electron chi connectivity index (χ4n) is 0.985. The van der Waals surface area contributed by atoms with Crippen molar-refractivity contribution in [1.82, 2.24) is 0 Å². The van der Waals surface area contributed by atoms with E-state index in [-0.39, 0.29) is 5.78 Å². The van der Waals surface area contributed by atoms with Crippen molar-refractivity contribution >= 4 is 5.78 Å². The van der Waals surface area contributed by atoms with Gasteiger partial charge in [-0.25, -0.2) is 0 Å². The first-order chi connectivity index (χ1) is 5.66. The molecular weight excluding hydrogens is 156 g/mol. The average molecular weight is 168 g/mol. The Balaban J connectivity index is 2.64. The lowest BCUT2D eigenvalue weighted by Crippen LogP contribution is -2.12. The lowest BCUT2D eigenvalue weighted by Gasteiger charge is -2.06. The molecule has 66 valence electrons. The molecule has 0 N–H and O–H groups in total. The van der Waals surface area contributed by atoms with Crippen LogP contribution >= 0.6 is 0 Å². The van der Waals surface area contributed by atoms with Crippen molar-refractivity contribution in [3.8, 4) is 0 Å². The third-order valence-corrected chi connectivity index (χ3v) is 1.66. The summed E-state index contributed by atoms with van der Waals surface area (Å²) < 4.78 is 10.3. The second kappa shape index (κ2) is 3.43. The number of carbonyl (C=O) groups is 1. The molecule has 0 aromatic heterocycles. The van der Waals surface area contributed by atoms with E-state index in [1.54, 1.807) is 19.9 Å². The second-order valence-electron chi connectivity index (χ2n) is 2.64. The molecule has 0 fully saturated rings. The molecule has 1 atom stereocenters. The Bertz CT molecular complexity index is 240. The van der Waals surface area contributed by atoms with Crippen molar-refractivity contribution in [1.29, 1.82) is 0 Å². The van der Waals surface area contributed by atoms with Crippen LogP contribution in [-0.2, 0) is 14.3 Å². The Kier molecular flexibility index (Phi) is 2.53. The minimum Gasteiger partial charge on any atom is -0.461 e. The number of ether oxygens (including phenoxy) is 2. The summed E-state index contributed by atoms with van der Waals surface area (Å²) in [6.07, 6.45) is 1.21. The molecule has 1 unspecified atom stereocenters. The molecule has 0 spiro atoms. The zero-order valence-corrected chi connectivity index (χ0v) is 7.29. The molecule has 12 heavy (non-hydrogen) atoms. The van der Waals surface area contributed by atoms with Crippen LogP contribution in [0.4, 0.5) is 0 Å². The molecule has 1 aliphatic rings. The normalized spacial score (nSPS) is 22.5. The zero-order chi connectivity index (χ0) is 9.14. The van der Waals surface area contributed by atoms with E-state index < -0.39 is 6.10 Å². The van der Waals surface area contributed by atoms with Gasteiger partial charge in [0.05, 0.1) is 5.57 Å². The average Bonchev–Trinajstić information content (AvgIpc) is 2.30. The highest BCUT2D eigenvalue weighted by molar-refractivity contribution is 6.00. The van der Waals surface area contributed by atoms with E-state index in [4.69, 9.17) is 9.47 Å². The highest BCUT2D eigenvalue weighted by Gasteiger charge is 2.29. The van der Waals surface area contributed by atoms with Crippen molar-refractivity contribution in [3.05, 3.63) is 24.2 Å². The first kappa shape index (κ1) is 8.84. The van der Waals surface area contributed by atoms with Gasteiger partial charge in [-0.2, -0.15) is 0 Å². The Morgan fingerprint density at radius 2 is 2.42 bits per heavy atom. The van der Waals surface area contributed by atoms with E-state index in [0.717, 1.165) is 0 Å². The van der Waals surface area contributed by atoms with Crippen LogP contribution in [0.2, 0.25) is 0 Å². The zero-order valence-electron chi connectivity index (χ0n) is 7.29. The summed E-state index contributed by atoms with van der Waals surface area (Å²) in [5.41, 5.74) is 0.560. The molecule has 0 aliphatic carbocycles. The summed E-state index contributed by atoms with van der Waals surface area (Å²) in [4.78, 5) is 11.2. The van der Waals surface area contributed by atoms with Gasteiger partial charge < -0.3 is 9.47 Å². The monoisotopic (exact) mass is 168 g/mol. The van der Waals surface area contributed by atoms with Gasteiger partial charge in [0.1, 0.15) is 6.61 Å². The van der Waals surface area contributed by atoms with Gasteiger partial charge in [0, 0.05) is 0 Å². The quantitative estimate of drug-likeness (QED) is 0.598. The molecule has 0 amide bonds. The third-order valence-electron chi connectivity index (χ3n) is 1.66. The van der Waals surface area contributed by atoms with Crippen LogP contribution in [0.15, 0.2) is 24.2 Å². The van der Waals surface area contributed by atoms with Crippen molar-refractivity contribution in [2.45, 2.75) is 20.0 Å². The van der Waals surface area contributed by atoms with E-state index in [1.807, 2.05) is 0 Å². The second-order valence-corrected chi connectivity index (χ2v) is 2.64. The highest BCUT2D eigenvalue weighted by Crippen LogP contribution is 2.21. The molecule has 1 heterocycles. The lowest BCUT2D eigenvalue weighted by molar-refractivity contribution is -0.121. The Morgan fingerprint density at radius 1 is 1.75 bits per heavy atom. The van der Waals surface area contributed by atoms with E-state index in [1.165, 1.54) is 0 Å². The van der Waals surface area contributed by atoms with Crippen LogP contribution in [-0.4, -0.2) is 18.5 Å². The Morgan fingerprint density at radius 3 is 2.83 bits per heavy atom. The van der Waals surface area contributed by atoms with Gasteiger partial charge in [-0.05, 0) is 13.8 Å². The van der Waals surface area contributed by atoms with E-state index >= 15 is 0 Å². The Hall–Kier alpha value is -1.25. The van der Waals surface area contributed by atoms with Crippen molar-refractivity contribution < 1.29 is 14.3 Å². The van der Waals surface area contributed by atoms with Crippen LogP contribution in [0, 0.1) is 0 Å². The topological polar surface area (TPSA) is 35.5 Å². The first-order valence-electron chi connectivity index (χ1n) is 3.82. The van der Waals surface area contributed by atoms with Gasteiger partial charge in [0.2, 0.25) is 5.78 Å². The summed E-state index contributed by atoms with van der Waals surface area (Å²) in [6.45, 7) is 7.27.